The maximum atomic E-state index is 11.4. The van der Waals surface area contributed by atoms with Crippen LogP contribution in [0, 0.1) is 0 Å². The Kier molecular flexibility index (Phi) is 2.49. The van der Waals surface area contributed by atoms with Crippen molar-refractivity contribution in [1.29, 1.82) is 0 Å². The third-order valence-corrected chi connectivity index (χ3v) is 2.56. The van der Waals surface area contributed by atoms with E-state index in [0.29, 0.717) is 6.54 Å². The molecule has 0 aliphatic carbocycles. The predicted octanol–water partition coefficient (Wildman–Crippen LogP) is 0.200. The summed E-state index contributed by atoms with van der Waals surface area (Å²) < 4.78 is 1.44. The first-order valence-electron chi connectivity index (χ1n) is 5.38. The summed E-state index contributed by atoms with van der Waals surface area (Å²) in [5, 5.41) is 14.1. The number of hydrogen-bond acceptors (Lipinski definition) is 4. The highest BCUT2D eigenvalue weighted by molar-refractivity contribution is 5.34. The molecule has 2 heterocycles. The second-order valence-corrected chi connectivity index (χ2v) is 3.76. The lowest BCUT2D eigenvalue weighted by Gasteiger charge is -2.03. The molecule has 0 fully saturated rings. The zero-order valence-electron chi connectivity index (χ0n) is 9.39. The molecule has 1 N–H and O–H groups in total. The maximum absolute atomic E-state index is 11.4. The van der Waals surface area contributed by atoms with Gasteiger partial charge in [0.05, 0.1) is 24.6 Å². The van der Waals surface area contributed by atoms with E-state index in [0.717, 1.165) is 11.3 Å². The van der Waals surface area contributed by atoms with Crippen molar-refractivity contribution < 1.29 is 0 Å². The van der Waals surface area contributed by atoms with Crippen molar-refractivity contribution in [3.63, 3.8) is 0 Å². The van der Waals surface area contributed by atoms with Gasteiger partial charge in [-0.2, -0.15) is 20.1 Å². The Morgan fingerprint density at radius 3 is 2.44 bits per heavy atom. The number of H-pyrrole nitrogens is 1. The topological polar surface area (TPSA) is 81.4 Å². The van der Waals surface area contributed by atoms with Gasteiger partial charge in [0.2, 0.25) is 0 Å². The molecule has 0 bridgehead atoms. The second-order valence-electron chi connectivity index (χ2n) is 3.76. The van der Waals surface area contributed by atoms with E-state index in [4.69, 9.17) is 0 Å². The standard InChI is InChI=1S/C11H10N6O/c18-11-15-12-8-16(11)10-3-1-9(2-4-10)7-17-13-5-6-14-17/h1-6,8H,7H2,(H,15,18). The van der Waals surface area contributed by atoms with Crippen LogP contribution in [0.15, 0.2) is 47.8 Å². The Balaban J connectivity index is 1.85. The Morgan fingerprint density at radius 2 is 1.83 bits per heavy atom. The van der Waals surface area contributed by atoms with Gasteiger partial charge in [-0.15, -0.1) is 0 Å². The van der Waals surface area contributed by atoms with Gasteiger partial charge in [0.1, 0.15) is 6.33 Å². The molecule has 0 aliphatic rings. The molecule has 1 aromatic carbocycles. The molecule has 0 amide bonds. The highest BCUT2D eigenvalue weighted by Gasteiger charge is 2.01. The van der Waals surface area contributed by atoms with Crippen molar-refractivity contribution in [2.45, 2.75) is 6.54 Å². The molecular formula is C11H10N6O. The minimum absolute atomic E-state index is 0.253. The summed E-state index contributed by atoms with van der Waals surface area (Å²) in [6.45, 7) is 0.605. The number of nitrogens with one attached hydrogen (secondary N) is 1. The Labute approximate surface area is 102 Å². The zero-order valence-corrected chi connectivity index (χ0v) is 9.39. The molecule has 3 rings (SSSR count). The van der Waals surface area contributed by atoms with E-state index in [1.165, 1.54) is 10.9 Å². The number of nitrogens with zero attached hydrogens (tertiary/aromatic N) is 5. The summed E-state index contributed by atoms with van der Waals surface area (Å²) in [7, 11) is 0. The molecule has 0 spiro atoms. The average molecular weight is 242 g/mol. The molecule has 0 radical (unpaired) electrons. The number of aromatic nitrogens is 6. The summed E-state index contributed by atoms with van der Waals surface area (Å²) in [4.78, 5) is 13.0. The summed E-state index contributed by atoms with van der Waals surface area (Å²) in [5.41, 5.74) is 1.58. The van der Waals surface area contributed by atoms with Gasteiger partial charge < -0.3 is 0 Å². The van der Waals surface area contributed by atoms with E-state index in [2.05, 4.69) is 20.4 Å². The molecule has 18 heavy (non-hydrogen) atoms. The summed E-state index contributed by atoms with van der Waals surface area (Å²) in [6.07, 6.45) is 4.73. The lowest BCUT2D eigenvalue weighted by atomic mass is 10.2. The molecule has 0 saturated heterocycles. The lowest BCUT2D eigenvalue weighted by Crippen LogP contribution is -2.14. The number of hydrogen-bond donors (Lipinski definition) is 1. The largest absolute Gasteiger partial charge is 0.347 e. The van der Waals surface area contributed by atoms with E-state index in [-0.39, 0.29) is 5.69 Å². The molecule has 90 valence electrons. The SMILES string of the molecule is O=c1[nH]ncn1-c1ccc(Cn2nccn2)cc1. The minimum atomic E-state index is -0.253. The fourth-order valence-corrected chi connectivity index (χ4v) is 1.68. The first kappa shape index (κ1) is 10.5. The van der Waals surface area contributed by atoms with E-state index in [9.17, 15) is 4.79 Å². The molecule has 7 heteroatoms. The molecular weight excluding hydrogens is 232 g/mol. The average Bonchev–Trinajstić information content (AvgIpc) is 3.02. The quantitative estimate of drug-likeness (QED) is 0.711. The molecule has 0 aliphatic heterocycles. The van der Waals surface area contributed by atoms with Crippen LogP contribution < -0.4 is 5.69 Å². The maximum Gasteiger partial charge on any atom is 0.347 e. The van der Waals surface area contributed by atoms with Crippen molar-refractivity contribution in [1.82, 2.24) is 29.8 Å². The van der Waals surface area contributed by atoms with Crippen LogP contribution in [0.3, 0.4) is 0 Å². The van der Waals surface area contributed by atoms with E-state index < -0.39 is 0 Å². The molecule has 0 unspecified atom stereocenters. The fraction of sp³-hybridized carbons (Fsp3) is 0.0909. The third-order valence-electron chi connectivity index (χ3n) is 2.56. The van der Waals surface area contributed by atoms with Crippen molar-refractivity contribution in [3.8, 4) is 5.69 Å². The van der Waals surface area contributed by atoms with Gasteiger partial charge in [-0.05, 0) is 17.7 Å². The van der Waals surface area contributed by atoms with Crippen LogP contribution in [0.2, 0.25) is 0 Å². The Hall–Kier alpha value is -2.70. The van der Waals surface area contributed by atoms with E-state index in [1.54, 1.807) is 17.2 Å². The van der Waals surface area contributed by atoms with Crippen LogP contribution in [-0.4, -0.2) is 29.8 Å². The van der Waals surface area contributed by atoms with Gasteiger partial charge in [-0.1, -0.05) is 12.1 Å². The zero-order chi connectivity index (χ0) is 12.4. The minimum Gasteiger partial charge on any atom is -0.250 e. The predicted molar refractivity (Wildman–Crippen MR) is 63.3 cm³/mol. The lowest BCUT2D eigenvalue weighted by molar-refractivity contribution is 0.591. The van der Waals surface area contributed by atoms with Crippen LogP contribution in [0.5, 0.6) is 0 Å². The van der Waals surface area contributed by atoms with E-state index >= 15 is 0 Å². The summed E-state index contributed by atoms with van der Waals surface area (Å²) >= 11 is 0. The first-order valence-corrected chi connectivity index (χ1v) is 5.38. The Morgan fingerprint density at radius 1 is 1.11 bits per heavy atom. The van der Waals surface area contributed by atoms with Crippen LogP contribution in [0.25, 0.3) is 5.69 Å². The van der Waals surface area contributed by atoms with Gasteiger partial charge in [0.15, 0.2) is 0 Å². The van der Waals surface area contributed by atoms with Crippen molar-refractivity contribution in [2.75, 3.05) is 0 Å². The van der Waals surface area contributed by atoms with Crippen molar-refractivity contribution in [3.05, 3.63) is 59.0 Å². The summed E-state index contributed by atoms with van der Waals surface area (Å²) in [6, 6.07) is 7.57. The van der Waals surface area contributed by atoms with Gasteiger partial charge >= 0.3 is 5.69 Å². The van der Waals surface area contributed by atoms with Crippen LogP contribution in [0.4, 0.5) is 0 Å². The van der Waals surface area contributed by atoms with Gasteiger partial charge in [0.25, 0.3) is 0 Å². The van der Waals surface area contributed by atoms with Gasteiger partial charge in [-0.3, -0.25) is 0 Å². The second kappa shape index (κ2) is 4.28. The molecule has 3 aromatic rings. The fourth-order valence-electron chi connectivity index (χ4n) is 1.68. The first-order chi connectivity index (χ1) is 8.83. The Bertz CT molecular complexity index is 679. The number of benzene rings is 1. The highest BCUT2D eigenvalue weighted by Crippen LogP contribution is 2.07. The molecule has 0 saturated carbocycles. The third kappa shape index (κ3) is 1.93. The normalized spacial score (nSPS) is 10.7. The molecule has 2 aromatic heterocycles. The van der Waals surface area contributed by atoms with Gasteiger partial charge in [-0.25, -0.2) is 14.5 Å². The van der Waals surface area contributed by atoms with E-state index in [1.807, 2.05) is 24.3 Å². The van der Waals surface area contributed by atoms with Crippen molar-refractivity contribution in [2.24, 2.45) is 0 Å². The van der Waals surface area contributed by atoms with Crippen LogP contribution in [-0.2, 0) is 6.54 Å². The summed E-state index contributed by atoms with van der Waals surface area (Å²) in [5.74, 6) is 0. The molecule has 0 atom stereocenters. The number of rotatable bonds is 3. The molecule has 7 nitrogen and oxygen atoms in total. The monoisotopic (exact) mass is 242 g/mol. The smallest absolute Gasteiger partial charge is 0.250 e. The highest BCUT2D eigenvalue weighted by atomic mass is 16.1. The van der Waals surface area contributed by atoms with Gasteiger partial charge in [0, 0.05) is 0 Å². The van der Waals surface area contributed by atoms with Crippen LogP contribution in [0.1, 0.15) is 5.56 Å². The number of aromatic amines is 1. The van der Waals surface area contributed by atoms with Crippen LogP contribution >= 0.6 is 0 Å². The van der Waals surface area contributed by atoms with Crippen molar-refractivity contribution >= 4 is 0 Å².